The molecule has 0 aromatic rings. The van der Waals surface area contributed by atoms with Crippen LogP contribution in [0, 0.1) is 0 Å². The molecular weight excluding hydrogens is 359 g/mol. The SMILES string of the molecule is CCCNC(=NC)N1CCN(C(=O)OCC)CC1.I. The maximum Gasteiger partial charge on any atom is 0.409 e. The number of amides is 1. The van der Waals surface area contributed by atoms with E-state index in [1.165, 1.54) is 0 Å². The van der Waals surface area contributed by atoms with Gasteiger partial charge in [0, 0.05) is 39.8 Å². The topological polar surface area (TPSA) is 57.2 Å². The van der Waals surface area contributed by atoms with Gasteiger partial charge in [0.15, 0.2) is 5.96 Å². The second-order valence-corrected chi connectivity index (χ2v) is 4.15. The molecule has 1 N–H and O–H groups in total. The summed E-state index contributed by atoms with van der Waals surface area (Å²) in [7, 11) is 1.79. The maximum atomic E-state index is 11.6. The van der Waals surface area contributed by atoms with Crippen molar-refractivity contribution in [1.29, 1.82) is 0 Å². The Morgan fingerprint density at radius 2 is 1.79 bits per heavy atom. The summed E-state index contributed by atoms with van der Waals surface area (Å²) in [5, 5.41) is 3.30. The molecule has 1 rings (SSSR count). The van der Waals surface area contributed by atoms with Gasteiger partial charge >= 0.3 is 6.09 Å². The summed E-state index contributed by atoms with van der Waals surface area (Å²) in [5.41, 5.74) is 0. The van der Waals surface area contributed by atoms with Crippen molar-refractivity contribution in [2.45, 2.75) is 20.3 Å². The van der Waals surface area contributed by atoms with Crippen molar-refractivity contribution in [1.82, 2.24) is 15.1 Å². The van der Waals surface area contributed by atoms with Crippen molar-refractivity contribution in [2.24, 2.45) is 4.99 Å². The number of piperazine rings is 1. The number of rotatable bonds is 3. The highest BCUT2D eigenvalue weighted by atomic mass is 127. The van der Waals surface area contributed by atoms with Gasteiger partial charge in [-0.05, 0) is 13.3 Å². The highest BCUT2D eigenvalue weighted by Crippen LogP contribution is 2.04. The van der Waals surface area contributed by atoms with E-state index < -0.39 is 0 Å². The predicted molar refractivity (Wildman–Crippen MR) is 87.2 cm³/mol. The van der Waals surface area contributed by atoms with E-state index in [1.807, 2.05) is 6.92 Å². The molecule has 0 bridgehead atoms. The lowest BCUT2D eigenvalue weighted by Crippen LogP contribution is -2.53. The number of halogens is 1. The van der Waals surface area contributed by atoms with Crippen LogP contribution in [-0.4, -0.2) is 68.2 Å². The first-order chi connectivity index (χ1) is 8.72. The van der Waals surface area contributed by atoms with Gasteiger partial charge in [-0.15, -0.1) is 24.0 Å². The van der Waals surface area contributed by atoms with E-state index in [-0.39, 0.29) is 30.1 Å². The maximum absolute atomic E-state index is 11.6. The van der Waals surface area contributed by atoms with Crippen LogP contribution in [0.4, 0.5) is 4.79 Å². The van der Waals surface area contributed by atoms with Crippen molar-refractivity contribution in [2.75, 3.05) is 46.4 Å². The Morgan fingerprint density at radius 1 is 1.21 bits per heavy atom. The first kappa shape index (κ1) is 18.3. The van der Waals surface area contributed by atoms with Crippen LogP contribution in [0.3, 0.4) is 0 Å². The van der Waals surface area contributed by atoms with Crippen molar-refractivity contribution >= 4 is 36.0 Å². The Bertz CT molecular complexity index is 291. The van der Waals surface area contributed by atoms with Crippen LogP contribution in [0.25, 0.3) is 0 Å². The second-order valence-electron chi connectivity index (χ2n) is 4.15. The Balaban J connectivity index is 0.00000324. The smallest absolute Gasteiger partial charge is 0.409 e. The van der Waals surface area contributed by atoms with Crippen LogP contribution in [0.15, 0.2) is 4.99 Å². The van der Waals surface area contributed by atoms with Gasteiger partial charge in [0.05, 0.1) is 6.61 Å². The molecule has 0 unspecified atom stereocenters. The van der Waals surface area contributed by atoms with Gasteiger partial charge in [0.1, 0.15) is 0 Å². The van der Waals surface area contributed by atoms with Crippen LogP contribution in [0.1, 0.15) is 20.3 Å². The summed E-state index contributed by atoms with van der Waals surface area (Å²) in [6, 6.07) is 0. The lowest BCUT2D eigenvalue weighted by atomic mass is 10.3. The monoisotopic (exact) mass is 384 g/mol. The molecule has 7 heteroatoms. The number of nitrogens with zero attached hydrogens (tertiary/aromatic N) is 3. The van der Waals surface area contributed by atoms with Crippen LogP contribution in [0.2, 0.25) is 0 Å². The first-order valence-electron chi connectivity index (χ1n) is 6.60. The number of ether oxygens (including phenoxy) is 1. The van der Waals surface area contributed by atoms with Gasteiger partial charge in [-0.3, -0.25) is 4.99 Å². The number of nitrogens with one attached hydrogen (secondary N) is 1. The fraction of sp³-hybridized carbons (Fsp3) is 0.833. The number of aliphatic imine (C=N–C) groups is 1. The third kappa shape index (κ3) is 5.84. The molecule has 1 aliphatic rings. The molecule has 6 nitrogen and oxygen atoms in total. The third-order valence-electron chi connectivity index (χ3n) is 2.85. The van der Waals surface area contributed by atoms with Gasteiger partial charge in [0.25, 0.3) is 0 Å². The third-order valence-corrected chi connectivity index (χ3v) is 2.85. The van der Waals surface area contributed by atoms with Crippen LogP contribution >= 0.6 is 24.0 Å². The molecule has 1 fully saturated rings. The first-order valence-corrected chi connectivity index (χ1v) is 6.60. The molecule has 1 aliphatic heterocycles. The van der Waals surface area contributed by atoms with Crippen LogP contribution in [-0.2, 0) is 4.74 Å². The van der Waals surface area contributed by atoms with E-state index in [0.29, 0.717) is 19.7 Å². The minimum atomic E-state index is -0.214. The van der Waals surface area contributed by atoms with E-state index in [2.05, 4.69) is 22.1 Å². The zero-order valence-corrected chi connectivity index (χ0v) is 14.3. The largest absolute Gasteiger partial charge is 0.450 e. The molecule has 1 heterocycles. The van der Waals surface area contributed by atoms with Crippen molar-refractivity contribution in [3.8, 4) is 0 Å². The Labute approximate surface area is 132 Å². The lowest BCUT2D eigenvalue weighted by Gasteiger charge is -2.35. The van der Waals surface area contributed by atoms with Crippen molar-refractivity contribution in [3.63, 3.8) is 0 Å². The number of carbonyl (C=O) groups is 1. The zero-order valence-electron chi connectivity index (χ0n) is 12.0. The molecular formula is C12H25IN4O2. The van der Waals surface area contributed by atoms with Gasteiger partial charge in [0.2, 0.25) is 0 Å². The number of carbonyl (C=O) groups excluding carboxylic acids is 1. The molecule has 19 heavy (non-hydrogen) atoms. The van der Waals surface area contributed by atoms with E-state index in [1.54, 1.807) is 11.9 Å². The van der Waals surface area contributed by atoms with E-state index in [0.717, 1.165) is 32.0 Å². The highest BCUT2D eigenvalue weighted by Gasteiger charge is 2.23. The van der Waals surface area contributed by atoms with Gasteiger partial charge in [-0.2, -0.15) is 0 Å². The quantitative estimate of drug-likeness (QED) is 0.454. The normalized spacial score (nSPS) is 15.8. The Morgan fingerprint density at radius 3 is 2.26 bits per heavy atom. The minimum absolute atomic E-state index is 0. The average Bonchev–Trinajstić information content (AvgIpc) is 2.40. The summed E-state index contributed by atoms with van der Waals surface area (Å²) < 4.78 is 4.99. The predicted octanol–water partition coefficient (Wildman–Crippen LogP) is 1.36. The fourth-order valence-electron chi connectivity index (χ4n) is 1.88. The lowest BCUT2D eigenvalue weighted by molar-refractivity contribution is 0.0915. The van der Waals surface area contributed by atoms with Crippen molar-refractivity contribution < 1.29 is 9.53 Å². The molecule has 0 spiro atoms. The average molecular weight is 384 g/mol. The molecule has 0 aliphatic carbocycles. The minimum Gasteiger partial charge on any atom is -0.450 e. The van der Waals surface area contributed by atoms with Crippen molar-refractivity contribution in [3.05, 3.63) is 0 Å². The van der Waals surface area contributed by atoms with Gasteiger partial charge in [-0.1, -0.05) is 6.92 Å². The highest BCUT2D eigenvalue weighted by molar-refractivity contribution is 14.0. The van der Waals surface area contributed by atoms with E-state index >= 15 is 0 Å². The molecule has 0 saturated carbocycles. The summed E-state index contributed by atoms with van der Waals surface area (Å²) in [5.74, 6) is 0.917. The molecule has 0 aromatic heterocycles. The van der Waals surface area contributed by atoms with Gasteiger partial charge < -0.3 is 19.9 Å². The Hall–Kier alpha value is -0.730. The summed E-state index contributed by atoms with van der Waals surface area (Å²) >= 11 is 0. The summed E-state index contributed by atoms with van der Waals surface area (Å²) in [6.45, 7) is 8.26. The standard InChI is InChI=1S/C12H24N4O2.HI/c1-4-6-14-11(13-3)15-7-9-16(10-8-15)12(17)18-5-2;/h4-10H2,1-3H3,(H,13,14);1H. The van der Waals surface area contributed by atoms with E-state index in [4.69, 9.17) is 4.74 Å². The number of guanidine groups is 1. The Kier molecular flexibility index (Phi) is 9.72. The zero-order chi connectivity index (χ0) is 13.4. The number of hydrogen-bond acceptors (Lipinski definition) is 3. The van der Waals surface area contributed by atoms with Gasteiger partial charge in [-0.25, -0.2) is 4.79 Å². The number of hydrogen-bond donors (Lipinski definition) is 1. The molecule has 112 valence electrons. The fourth-order valence-corrected chi connectivity index (χ4v) is 1.88. The molecule has 0 radical (unpaired) electrons. The summed E-state index contributed by atoms with van der Waals surface area (Å²) in [6.07, 6.45) is 0.857. The van der Waals surface area contributed by atoms with E-state index in [9.17, 15) is 4.79 Å². The van der Waals surface area contributed by atoms with Crippen LogP contribution in [0.5, 0.6) is 0 Å². The second kappa shape index (κ2) is 10.1. The molecule has 1 amide bonds. The van der Waals surface area contributed by atoms with Crippen LogP contribution < -0.4 is 5.32 Å². The molecule has 0 aromatic carbocycles. The molecule has 1 saturated heterocycles. The molecule has 0 atom stereocenters. The summed E-state index contributed by atoms with van der Waals surface area (Å²) in [4.78, 5) is 19.7.